The molecule has 0 fully saturated rings. The van der Waals surface area contributed by atoms with Crippen LogP contribution in [0.25, 0.3) is 5.65 Å². The molecule has 6 heteroatoms. The number of hydrogen-bond donors (Lipinski definition) is 0. The fourth-order valence-electron chi connectivity index (χ4n) is 2.37. The number of hydrogen-bond acceptors (Lipinski definition) is 2. The van der Waals surface area contributed by atoms with Crippen LogP contribution in [0.2, 0.25) is 0 Å². The van der Waals surface area contributed by atoms with E-state index in [1.165, 1.54) is 16.0 Å². The highest BCUT2D eigenvalue weighted by atomic mass is 19.4. The van der Waals surface area contributed by atoms with Gasteiger partial charge in [-0.15, -0.1) is 10.2 Å². The Morgan fingerprint density at radius 3 is 2.41 bits per heavy atom. The van der Waals surface area contributed by atoms with E-state index < -0.39 is 11.7 Å². The van der Waals surface area contributed by atoms with Gasteiger partial charge in [0.05, 0.1) is 5.56 Å². The Balaban J connectivity index is 1.76. The first-order valence-electron chi connectivity index (χ1n) is 6.99. The minimum Gasteiger partial charge on any atom is -0.286 e. The lowest BCUT2D eigenvalue weighted by Gasteiger charge is -2.07. The van der Waals surface area contributed by atoms with Gasteiger partial charge in [0.2, 0.25) is 0 Å². The molecule has 0 bridgehead atoms. The molecule has 2 heterocycles. The number of pyridine rings is 1. The smallest absolute Gasteiger partial charge is 0.286 e. The minimum absolute atomic E-state index is 0.433. The molecule has 3 rings (SSSR count). The van der Waals surface area contributed by atoms with Crippen LogP contribution in [0.5, 0.6) is 0 Å². The zero-order valence-electron chi connectivity index (χ0n) is 11.7. The molecule has 1 aromatic carbocycles. The fraction of sp³-hybridized carbons (Fsp3) is 0.250. The summed E-state index contributed by atoms with van der Waals surface area (Å²) in [6.45, 7) is 0. The molecular formula is C16H14F3N3. The van der Waals surface area contributed by atoms with Crippen LogP contribution >= 0.6 is 0 Å². The Labute approximate surface area is 125 Å². The third-order valence-electron chi connectivity index (χ3n) is 3.51. The maximum Gasteiger partial charge on any atom is 0.417 e. The lowest BCUT2D eigenvalue weighted by Crippen LogP contribution is -2.07. The molecule has 3 aromatic rings. The lowest BCUT2D eigenvalue weighted by atomic mass is 10.1. The van der Waals surface area contributed by atoms with Crippen molar-refractivity contribution in [3.8, 4) is 0 Å². The van der Waals surface area contributed by atoms with Crippen molar-refractivity contribution < 1.29 is 13.2 Å². The molecule has 0 spiro atoms. The van der Waals surface area contributed by atoms with Crippen LogP contribution in [0, 0.1) is 0 Å². The topological polar surface area (TPSA) is 30.2 Å². The first kappa shape index (κ1) is 14.6. The molecule has 0 N–H and O–H groups in total. The normalized spacial score (nSPS) is 12.0. The average molecular weight is 305 g/mol. The van der Waals surface area contributed by atoms with Gasteiger partial charge >= 0.3 is 6.18 Å². The fourth-order valence-corrected chi connectivity index (χ4v) is 2.37. The van der Waals surface area contributed by atoms with Crippen LogP contribution in [-0.2, 0) is 19.0 Å². The summed E-state index contributed by atoms with van der Waals surface area (Å²) >= 11 is 0. The van der Waals surface area contributed by atoms with Crippen molar-refractivity contribution >= 4 is 5.65 Å². The maximum atomic E-state index is 12.8. The predicted octanol–water partition coefficient (Wildman–Crippen LogP) is 3.92. The molecule has 0 radical (unpaired) electrons. The summed E-state index contributed by atoms with van der Waals surface area (Å²) in [5, 5.41) is 7.91. The molecular weight excluding hydrogens is 291 g/mol. The third-order valence-corrected chi connectivity index (χ3v) is 3.51. The van der Waals surface area contributed by atoms with Crippen LogP contribution in [-0.4, -0.2) is 14.6 Å². The number of benzene rings is 1. The molecule has 22 heavy (non-hydrogen) atoms. The molecule has 0 atom stereocenters. The van der Waals surface area contributed by atoms with Gasteiger partial charge in [-0.3, -0.25) is 4.40 Å². The van der Waals surface area contributed by atoms with E-state index in [1.807, 2.05) is 30.3 Å². The molecule has 0 amide bonds. The average Bonchev–Trinajstić information content (AvgIpc) is 2.90. The highest BCUT2D eigenvalue weighted by molar-refractivity contribution is 5.40. The maximum absolute atomic E-state index is 12.8. The van der Waals surface area contributed by atoms with E-state index in [1.54, 1.807) is 0 Å². The molecule has 2 aromatic heterocycles. The van der Waals surface area contributed by atoms with Crippen LogP contribution < -0.4 is 0 Å². The SMILES string of the molecule is FC(F)(F)c1ccc2nnc(CCCc3ccccc3)n2c1. The van der Waals surface area contributed by atoms with E-state index >= 15 is 0 Å². The summed E-state index contributed by atoms with van der Waals surface area (Å²) in [5.74, 6) is 0.553. The van der Waals surface area contributed by atoms with Crippen LogP contribution in [0.15, 0.2) is 48.7 Å². The first-order valence-corrected chi connectivity index (χ1v) is 6.99. The molecule has 114 valence electrons. The van der Waals surface area contributed by atoms with Crippen LogP contribution in [0.1, 0.15) is 23.4 Å². The standard InChI is InChI=1S/C16H14F3N3/c17-16(18,19)13-9-10-15-21-20-14(22(15)11-13)8-4-7-12-5-2-1-3-6-12/h1-3,5-6,9-11H,4,7-8H2. The summed E-state index contributed by atoms with van der Waals surface area (Å²) in [5.41, 5.74) is 0.944. The monoisotopic (exact) mass is 305 g/mol. The quantitative estimate of drug-likeness (QED) is 0.731. The van der Waals surface area contributed by atoms with Gasteiger partial charge in [-0.25, -0.2) is 0 Å². The number of rotatable bonds is 4. The number of aryl methyl sites for hydroxylation is 2. The largest absolute Gasteiger partial charge is 0.417 e. The minimum atomic E-state index is -4.36. The molecule has 0 unspecified atom stereocenters. The van der Waals surface area contributed by atoms with Gasteiger partial charge in [-0.05, 0) is 30.5 Å². The number of aromatic nitrogens is 3. The van der Waals surface area contributed by atoms with Crippen molar-refractivity contribution in [2.24, 2.45) is 0 Å². The predicted molar refractivity (Wildman–Crippen MR) is 76.5 cm³/mol. The molecule has 0 aliphatic carbocycles. The van der Waals surface area contributed by atoms with Gasteiger partial charge in [-0.2, -0.15) is 13.2 Å². The van der Waals surface area contributed by atoms with E-state index in [4.69, 9.17) is 0 Å². The zero-order valence-corrected chi connectivity index (χ0v) is 11.7. The van der Waals surface area contributed by atoms with Gasteiger partial charge in [0.15, 0.2) is 5.65 Å². The number of fused-ring (bicyclic) bond motifs is 1. The summed E-state index contributed by atoms with van der Waals surface area (Å²) < 4.78 is 39.7. The molecule has 0 saturated heterocycles. The van der Waals surface area contributed by atoms with Gasteiger partial charge in [-0.1, -0.05) is 30.3 Å². The van der Waals surface area contributed by atoms with Crippen molar-refractivity contribution in [1.29, 1.82) is 0 Å². The van der Waals surface area contributed by atoms with Crippen molar-refractivity contribution in [2.45, 2.75) is 25.4 Å². The second-order valence-corrected chi connectivity index (χ2v) is 5.10. The lowest BCUT2D eigenvalue weighted by molar-refractivity contribution is -0.137. The summed E-state index contributed by atoms with van der Waals surface area (Å²) in [6, 6.07) is 12.3. The molecule has 0 aliphatic rings. The Morgan fingerprint density at radius 1 is 0.909 bits per heavy atom. The zero-order chi connectivity index (χ0) is 15.6. The highest BCUT2D eigenvalue weighted by Gasteiger charge is 2.31. The second kappa shape index (κ2) is 5.79. The van der Waals surface area contributed by atoms with E-state index in [-0.39, 0.29) is 0 Å². The Kier molecular flexibility index (Phi) is 3.83. The van der Waals surface area contributed by atoms with Crippen LogP contribution in [0.3, 0.4) is 0 Å². The van der Waals surface area contributed by atoms with Gasteiger partial charge < -0.3 is 0 Å². The Hall–Kier alpha value is -2.37. The Morgan fingerprint density at radius 2 is 1.68 bits per heavy atom. The van der Waals surface area contributed by atoms with Gasteiger partial charge in [0, 0.05) is 12.6 Å². The van der Waals surface area contributed by atoms with Crippen LogP contribution in [0.4, 0.5) is 13.2 Å². The van der Waals surface area contributed by atoms with Gasteiger partial charge in [0.1, 0.15) is 5.82 Å². The molecule has 0 aliphatic heterocycles. The third kappa shape index (κ3) is 3.10. The van der Waals surface area contributed by atoms with E-state index in [0.29, 0.717) is 17.9 Å². The summed E-state index contributed by atoms with van der Waals surface area (Å²) in [7, 11) is 0. The summed E-state index contributed by atoms with van der Waals surface area (Å²) in [4.78, 5) is 0. The van der Waals surface area contributed by atoms with Crippen molar-refractivity contribution in [2.75, 3.05) is 0 Å². The summed E-state index contributed by atoms with van der Waals surface area (Å²) in [6.07, 6.45) is -1.06. The molecule has 3 nitrogen and oxygen atoms in total. The van der Waals surface area contributed by atoms with Crippen molar-refractivity contribution in [3.63, 3.8) is 0 Å². The van der Waals surface area contributed by atoms with Crippen molar-refractivity contribution in [1.82, 2.24) is 14.6 Å². The van der Waals surface area contributed by atoms with E-state index in [9.17, 15) is 13.2 Å². The highest BCUT2D eigenvalue weighted by Crippen LogP contribution is 2.29. The van der Waals surface area contributed by atoms with E-state index in [2.05, 4.69) is 10.2 Å². The number of alkyl halides is 3. The second-order valence-electron chi connectivity index (χ2n) is 5.10. The Bertz CT molecular complexity index is 763. The number of halogens is 3. The first-order chi connectivity index (χ1) is 10.5. The molecule has 0 saturated carbocycles. The number of nitrogens with zero attached hydrogens (tertiary/aromatic N) is 3. The van der Waals surface area contributed by atoms with Gasteiger partial charge in [0.25, 0.3) is 0 Å². The van der Waals surface area contributed by atoms with Crippen molar-refractivity contribution in [3.05, 3.63) is 65.6 Å². The van der Waals surface area contributed by atoms with E-state index in [0.717, 1.165) is 25.1 Å².